The molecule has 0 aromatic heterocycles. The summed E-state index contributed by atoms with van der Waals surface area (Å²) in [5, 5.41) is 11.4. The first-order chi connectivity index (χ1) is 17.0. The Labute approximate surface area is 216 Å². The maximum absolute atomic E-state index is 11.0. The Bertz CT molecular complexity index is 924. The van der Waals surface area contributed by atoms with Gasteiger partial charge >= 0.3 is 6.09 Å². The fourth-order valence-electron chi connectivity index (χ4n) is 4.88. The number of hydrogen-bond acceptors (Lipinski definition) is 5. The number of benzene rings is 2. The van der Waals surface area contributed by atoms with Crippen molar-refractivity contribution in [2.45, 2.75) is 64.1 Å². The molecular weight excluding hydrogens is 474 g/mol. The first kappa shape index (κ1) is 28.3. The summed E-state index contributed by atoms with van der Waals surface area (Å²) < 4.78 is 25.1. The highest BCUT2D eigenvalue weighted by atomic mass is 28.4. The molecule has 0 saturated carbocycles. The van der Waals surface area contributed by atoms with Crippen LogP contribution in [0.3, 0.4) is 0 Å². The summed E-state index contributed by atoms with van der Waals surface area (Å²) in [6, 6.07) is 21.2. The molecule has 0 radical (unpaired) electrons. The molecule has 1 aliphatic rings. The molecule has 1 aliphatic heterocycles. The van der Waals surface area contributed by atoms with Crippen molar-refractivity contribution in [2.24, 2.45) is 0 Å². The predicted octanol–water partition coefficient (Wildman–Crippen LogP) is 4.10. The van der Waals surface area contributed by atoms with E-state index in [4.69, 9.17) is 23.7 Å². The highest BCUT2D eigenvalue weighted by molar-refractivity contribution is 6.99. The van der Waals surface area contributed by atoms with E-state index in [1.807, 2.05) is 26.0 Å². The van der Waals surface area contributed by atoms with Gasteiger partial charge in [0.1, 0.15) is 6.10 Å². The second-order valence-electron chi connectivity index (χ2n) is 10.8. The molecule has 0 bridgehead atoms. The standard InChI is InChI=1S/C28H41NO6Si/c1-27(2,3)36(22-13-9-7-10-14-22,23-15-11-8-12-16-23)33-19-17-24-25(35-28(4,5)34-24)21-32-20-18-29(6)26(30)31/h7-16,24-25H,17-21H2,1-6H3,(H,30,31)/t24-,25+/m0/s1. The molecule has 2 aromatic rings. The lowest BCUT2D eigenvalue weighted by Crippen LogP contribution is -2.66. The number of carbonyl (C=O) groups is 1. The SMILES string of the molecule is CN(CCOC[C@H]1OC(C)(C)O[C@H]1CCO[Si](c1ccccc1)(c1ccccc1)C(C)(C)C)C(=O)O. The van der Waals surface area contributed by atoms with Crippen LogP contribution in [0.2, 0.25) is 5.04 Å². The summed E-state index contributed by atoms with van der Waals surface area (Å²) in [5.41, 5.74) is 0. The third-order valence-corrected chi connectivity index (χ3v) is 11.6. The van der Waals surface area contributed by atoms with Crippen molar-refractivity contribution in [3.05, 3.63) is 60.7 Å². The molecule has 2 aromatic carbocycles. The maximum atomic E-state index is 11.0. The highest BCUT2D eigenvalue weighted by Crippen LogP contribution is 2.37. The molecule has 1 N–H and O–H groups in total. The molecule has 3 rings (SSSR count). The van der Waals surface area contributed by atoms with E-state index in [0.717, 1.165) is 0 Å². The number of rotatable bonds is 11. The van der Waals surface area contributed by atoms with Gasteiger partial charge < -0.3 is 28.6 Å². The van der Waals surface area contributed by atoms with E-state index in [2.05, 4.69) is 69.3 Å². The van der Waals surface area contributed by atoms with Crippen molar-refractivity contribution in [3.63, 3.8) is 0 Å². The molecule has 36 heavy (non-hydrogen) atoms. The lowest BCUT2D eigenvalue weighted by atomic mass is 10.1. The quantitative estimate of drug-likeness (QED) is 0.359. The van der Waals surface area contributed by atoms with Gasteiger partial charge in [0.25, 0.3) is 8.32 Å². The summed E-state index contributed by atoms with van der Waals surface area (Å²) in [4.78, 5) is 12.2. The van der Waals surface area contributed by atoms with Crippen LogP contribution in [-0.4, -0.2) is 75.8 Å². The average molecular weight is 516 g/mol. The molecule has 8 heteroatoms. The predicted molar refractivity (Wildman–Crippen MR) is 143 cm³/mol. The molecule has 198 valence electrons. The largest absolute Gasteiger partial charge is 0.465 e. The summed E-state index contributed by atoms with van der Waals surface area (Å²) in [6.45, 7) is 12.1. The third-order valence-electron chi connectivity index (χ3n) is 6.60. The zero-order valence-electron chi connectivity index (χ0n) is 22.4. The number of amides is 1. The Kier molecular flexibility index (Phi) is 9.35. The van der Waals surface area contributed by atoms with Gasteiger partial charge in [0.05, 0.1) is 19.3 Å². The van der Waals surface area contributed by atoms with Crippen LogP contribution in [-0.2, 0) is 18.6 Å². The van der Waals surface area contributed by atoms with E-state index in [0.29, 0.717) is 32.8 Å². The third kappa shape index (κ3) is 6.75. The van der Waals surface area contributed by atoms with Crippen LogP contribution in [0.1, 0.15) is 41.0 Å². The highest BCUT2D eigenvalue weighted by Gasteiger charge is 2.50. The minimum Gasteiger partial charge on any atom is -0.465 e. The minimum atomic E-state index is -2.62. The van der Waals surface area contributed by atoms with Crippen LogP contribution in [0, 0.1) is 0 Å². The Morgan fingerprint density at radius 1 is 0.972 bits per heavy atom. The molecule has 0 unspecified atom stereocenters. The Morgan fingerprint density at radius 2 is 1.50 bits per heavy atom. The van der Waals surface area contributed by atoms with E-state index in [9.17, 15) is 4.79 Å². The van der Waals surface area contributed by atoms with Crippen molar-refractivity contribution < 1.29 is 28.5 Å². The van der Waals surface area contributed by atoms with Crippen molar-refractivity contribution in [2.75, 3.05) is 33.4 Å². The van der Waals surface area contributed by atoms with Crippen LogP contribution in [0.15, 0.2) is 60.7 Å². The number of hydrogen-bond donors (Lipinski definition) is 1. The van der Waals surface area contributed by atoms with Gasteiger partial charge in [-0.15, -0.1) is 0 Å². The summed E-state index contributed by atoms with van der Waals surface area (Å²) >= 11 is 0. The van der Waals surface area contributed by atoms with Crippen molar-refractivity contribution in [1.29, 1.82) is 0 Å². The van der Waals surface area contributed by atoms with Crippen LogP contribution in [0.5, 0.6) is 0 Å². The zero-order valence-corrected chi connectivity index (χ0v) is 23.4. The summed E-state index contributed by atoms with van der Waals surface area (Å²) in [5.74, 6) is -0.714. The van der Waals surface area contributed by atoms with Crippen LogP contribution in [0.4, 0.5) is 4.79 Å². The summed E-state index contributed by atoms with van der Waals surface area (Å²) in [7, 11) is -1.10. The molecule has 1 amide bonds. The zero-order chi connectivity index (χ0) is 26.4. The number of carboxylic acid groups (broad SMARTS) is 1. The van der Waals surface area contributed by atoms with Crippen molar-refractivity contribution in [3.8, 4) is 0 Å². The van der Waals surface area contributed by atoms with E-state index < -0.39 is 20.2 Å². The second kappa shape index (κ2) is 11.9. The Hall–Kier alpha value is -2.23. The normalized spacial score (nSPS) is 19.8. The van der Waals surface area contributed by atoms with Gasteiger partial charge in [-0.1, -0.05) is 81.4 Å². The first-order valence-electron chi connectivity index (χ1n) is 12.6. The molecular formula is C28H41NO6Si. The fourth-order valence-corrected chi connectivity index (χ4v) is 9.46. The van der Waals surface area contributed by atoms with Gasteiger partial charge in [-0.3, -0.25) is 0 Å². The second-order valence-corrected chi connectivity index (χ2v) is 15.1. The smallest absolute Gasteiger partial charge is 0.407 e. The maximum Gasteiger partial charge on any atom is 0.407 e. The minimum absolute atomic E-state index is 0.0965. The number of nitrogens with zero attached hydrogens (tertiary/aromatic N) is 1. The van der Waals surface area contributed by atoms with E-state index in [1.54, 1.807) is 0 Å². The van der Waals surface area contributed by atoms with E-state index in [-0.39, 0.29) is 17.2 Å². The van der Waals surface area contributed by atoms with E-state index in [1.165, 1.54) is 22.3 Å². The molecule has 0 aliphatic carbocycles. The molecule has 0 spiro atoms. The molecule has 2 atom stereocenters. The Balaban J connectivity index is 1.73. The average Bonchev–Trinajstić information content (AvgIpc) is 3.12. The lowest BCUT2D eigenvalue weighted by Gasteiger charge is -2.43. The molecule has 1 fully saturated rings. The van der Waals surface area contributed by atoms with E-state index >= 15 is 0 Å². The van der Waals surface area contributed by atoms with Crippen LogP contribution >= 0.6 is 0 Å². The molecule has 7 nitrogen and oxygen atoms in total. The number of likely N-dealkylation sites (N-methyl/N-ethyl adjacent to an activating group) is 1. The topological polar surface area (TPSA) is 77.5 Å². The van der Waals surface area contributed by atoms with Gasteiger partial charge in [0.2, 0.25) is 0 Å². The van der Waals surface area contributed by atoms with Crippen LogP contribution in [0.25, 0.3) is 0 Å². The molecule has 1 saturated heterocycles. The van der Waals surface area contributed by atoms with Gasteiger partial charge in [-0.25, -0.2) is 4.79 Å². The van der Waals surface area contributed by atoms with Gasteiger partial charge in [-0.2, -0.15) is 0 Å². The fraction of sp³-hybridized carbons (Fsp3) is 0.536. The van der Waals surface area contributed by atoms with Crippen LogP contribution < -0.4 is 10.4 Å². The monoisotopic (exact) mass is 515 g/mol. The van der Waals surface area contributed by atoms with Crippen molar-refractivity contribution in [1.82, 2.24) is 4.90 Å². The lowest BCUT2D eigenvalue weighted by molar-refractivity contribution is -0.151. The number of ether oxygens (including phenoxy) is 3. The van der Waals surface area contributed by atoms with Gasteiger partial charge in [0.15, 0.2) is 5.79 Å². The first-order valence-corrected chi connectivity index (χ1v) is 14.5. The van der Waals surface area contributed by atoms with Gasteiger partial charge in [0, 0.05) is 20.2 Å². The Morgan fingerprint density at radius 3 is 2.00 bits per heavy atom. The summed E-state index contributed by atoms with van der Waals surface area (Å²) in [6.07, 6.45) is -0.747. The molecule has 1 heterocycles. The van der Waals surface area contributed by atoms with Crippen molar-refractivity contribution >= 4 is 24.8 Å². The van der Waals surface area contributed by atoms with Gasteiger partial charge in [-0.05, 0) is 35.7 Å².